The Morgan fingerprint density at radius 1 is 1.26 bits per heavy atom. The molecule has 2 rings (SSSR count). The number of esters is 1. The molecule has 1 N–H and O–H groups in total. The number of benzene rings is 1. The predicted octanol–water partition coefficient (Wildman–Crippen LogP) is 4.27. The molecule has 2 aromatic rings. The number of anilines is 1. The monoisotopic (exact) mass is 349 g/mol. The summed E-state index contributed by atoms with van der Waals surface area (Å²) in [5, 5.41) is 5.09. The number of carbonyl (C=O) groups excluding carboxylic acids is 2. The van der Waals surface area contributed by atoms with Crippen molar-refractivity contribution in [3.05, 3.63) is 46.3 Å². The quantitative estimate of drug-likeness (QED) is 0.625. The van der Waals surface area contributed by atoms with Crippen LogP contribution in [0.3, 0.4) is 0 Å². The van der Waals surface area contributed by atoms with Gasteiger partial charge in [-0.1, -0.05) is 17.7 Å². The summed E-state index contributed by atoms with van der Waals surface area (Å²) in [7, 11) is 0. The SMILES string of the molecule is CCOC(=O)c1ccsc1NC(=O)CSc1cc(C)ccc1C. The zero-order valence-electron chi connectivity index (χ0n) is 13.3. The third kappa shape index (κ3) is 4.84. The minimum Gasteiger partial charge on any atom is -0.462 e. The van der Waals surface area contributed by atoms with E-state index in [1.807, 2.05) is 19.9 Å². The van der Waals surface area contributed by atoms with Gasteiger partial charge in [0.1, 0.15) is 5.00 Å². The highest BCUT2D eigenvalue weighted by molar-refractivity contribution is 8.00. The fraction of sp³-hybridized carbons (Fsp3) is 0.294. The van der Waals surface area contributed by atoms with Crippen molar-refractivity contribution in [3.63, 3.8) is 0 Å². The van der Waals surface area contributed by atoms with Gasteiger partial charge in [-0.05, 0) is 43.8 Å². The van der Waals surface area contributed by atoms with E-state index in [2.05, 4.69) is 17.4 Å². The van der Waals surface area contributed by atoms with E-state index in [1.165, 1.54) is 28.7 Å². The molecule has 4 nitrogen and oxygen atoms in total. The van der Waals surface area contributed by atoms with E-state index >= 15 is 0 Å². The lowest BCUT2D eigenvalue weighted by atomic mass is 10.2. The smallest absolute Gasteiger partial charge is 0.341 e. The molecule has 122 valence electrons. The molecule has 0 aliphatic rings. The van der Waals surface area contributed by atoms with Gasteiger partial charge in [-0.3, -0.25) is 4.79 Å². The molecule has 0 saturated heterocycles. The molecule has 0 fully saturated rings. The van der Waals surface area contributed by atoms with Gasteiger partial charge < -0.3 is 10.1 Å². The number of aryl methyl sites for hydroxylation is 2. The van der Waals surface area contributed by atoms with Crippen LogP contribution < -0.4 is 5.32 Å². The van der Waals surface area contributed by atoms with Crippen LogP contribution in [0.15, 0.2) is 34.5 Å². The maximum absolute atomic E-state index is 12.1. The van der Waals surface area contributed by atoms with Crippen molar-refractivity contribution in [1.82, 2.24) is 0 Å². The first kappa shape index (κ1) is 17.6. The highest BCUT2D eigenvalue weighted by atomic mass is 32.2. The summed E-state index contributed by atoms with van der Waals surface area (Å²) < 4.78 is 4.98. The van der Waals surface area contributed by atoms with Gasteiger partial charge in [-0.2, -0.15) is 0 Å². The number of hydrogen-bond acceptors (Lipinski definition) is 5. The van der Waals surface area contributed by atoms with Crippen LogP contribution in [0.1, 0.15) is 28.4 Å². The second-order valence-corrected chi connectivity index (χ2v) is 6.92. The molecule has 0 unspecified atom stereocenters. The van der Waals surface area contributed by atoms with Crippen molar-refractivity contribution < 1.29 is 14.3 Å². The number of hydrogen-bond donors (Lipinski definition) is 1. The third-order valence-electron chi connectivity index (χ3n) is 3.12. The van der Waals surface area contributed by atoms with E-state index in [4.69, 9.17) is 4.74 Å². The van der Waals surface area contributed by atoms with Gasteiger partial charge in [0.2, 0.25) is 5.91 Å². The first-order chi connectivity index (χ1) is 11.0. The minimum absolute atomic E-state index is 0.135. The summed E-state index contributed by atoms with van der Waals surface area (Å²) in [6.45, 7) is 6.12. The summed E-state index contributed by atoms with van der Waals surface area (Å²) >= 11 is 2.81. The topological polar surface area (TPSA) is 55.4 Å². The van der Waals surface area contributed by atoms with E-state index in [9.17, 15) is 9.59 Å². The van der Waals surface area contributed by atoms with Gasteiger partial charge in [-0.25, -0.2) is 4.79 Å². The van der Waals surface area contributed by atoms with E-state index in [0.717, 1.165) is 10.5 Å². The number of nitrogens with one attached hydrogen (secondary N) is 1. The number of thiophene rings is 1. The number of amides is 1. The molecule has 0 atom stereocenters. The second-order valence-electron chi connectivity index (χ2n) is 4.99. The maximum Gasteiger partial charge on any atom is 0.341 e. The van der Waals surface area contributed by atoms with Crippen LogP contribution in [0.4, 0.5) is 5.00 Å². The van der Waals surface area contributed by atoms with Gasteiger partial charge in [0, 0.05) is 4.90 Å². The third-order valence-corrected chi connectivity index (χ3v) is 5.10. The first-order valence-electron chi connectivity index (χ1n) is 7.25. The van der Waals surface area contributed by atoms with Gasteiger partial charge in [0.05, 0.1) is 17.9 Å². The summed E-state index contributed by atoms with van der Waals surface area (Å²) in [6.07, 6.45) is 0. The average molecular weight is 349 g/mol. The summed E-state index contributed by atoms with van der Waals surface area (Å²) in [4.78, 5) is 25.0. The van der Waals surface area contributed by atoms with Crippen LogP contribution in [-0.4, -0.2) is 24.2 Å². The standard InChI is InChI=1S/C17H19NO3S2/c1-4-21-17(20)13-7-8-22-16(13)18-15(19)10-23-14-9-11(2)5-6-12(14)3/h5-9H,4,10H2,1-3H3,(H,18,19). The largest absolute Gasteiger partial charge is 0.462 e. The number of thioether (sulfide) groups is 1. The van der Waals surface area contributed by atoms with Gasteiger partial charge in [0.15, 0.2) is 0 Å². The van der Waals surface area contributed by atoms with Gasteiger partial charge >= 0.3 is 5.97 Å². The fourth-order valence-corrected chi connectivity index (χ4v) is 3.66. The van der Waals surface area contributed by atoms with Crippen molar-refractivity contribution in [2.24, 2.45) is 0 Å². The lowest BCUT2D eigenvalue weighted by Gasteiger charge is -2.08. The molecule has 1 aromatic carbocycles. The van der Waals surface area contributed by atoms with Crippen LogP contribution in [0.25, 0.3) is 0 Å². The Bertz CT molecular complexity index is 710. The molecule has 0 bridgehead atoms. The van der Waals surface area contributed by atoms with E-state index in [-0.39, 0.29) is 5.91 Å². The molecule has 0 saturated carbocycles. The molecule has 0 aliphatic carbocycles. The molecule has 0 spiro atoms. The molecular formula is C17H19NO3S2. The van der Waals surface area contributed by atoms with Crippen LogP contribution in [-0.2, 0) is 9.53 Å². The molecule has 1 aromatic heterocycles. The Labute approximate surface area is 144 Å². The van der Waals surface area contributed by atoms with Gasteiger partial charge in [-0.15, -0.1) is 23.1 Å². The molecule has 0 aliphatic heterocycles. The number of rotatable bonds is 6. The number of carbonyl (C=O) groups is 2. The lowest BCUT2D eigenvalue weighted by Crippen LogP contribution is -2.16. The molecule has 6 heteroatoms. The Hall–Kier alpha value is -1.79. The van der Waals surface area contributed by atoms with Crippen molar-refractivity contribution in [3.8, 4) is 0 Å². The van der Waals surface area contributed by atoms with Crippen LogP contribution >= 0.6 is 23.1 Å². The first-order valence-corrected chi connectivity index (χ1v) is 9.12. The van der Waals surface area contributed by atoms with E-state index in [0.29, 0.717) is 22.9 Å². The Kier molecular flexibility index (Phi) is 6.24. The Morgan fingerprint density at radius 2 is 2.04 bits per heavy atom. The zero-order valence-corrected chi connectivity index (χ0v) is 15.0. The van der Waals surface area contributed by atoms with Crippen molar-refractivity contribution in [1.29, 1.82) is 0 Å². The average Bonchev–Trinajstić information content (AvgIpc) is 2.96. The number of ether oxygens (including phenoxy) is 1. The molecule has 0 radical (unpaired) electrons. The molecule has 23 heavy (non-hydrogen) atoms. The molecule has 1 heterocycles. The minimum atomic E-state index is -0.411. The van der Waals surface area contributed by atoms with E-state index < -0.39 is 5.97 Å². The van der Waals surface area contributed by atoms with Crippen LogP contribution in [0.5, 0.6) is 0 Å². The Morgan fingerprint density at radius 3 is 2.78 bits per heavy atom. The summed E-state index contributed by atoms with van der Waals surface area (Å²) in [5.41, 5.74) is 2.72. The normalized spacial score (nSPS) is 10.4. The summed E-state index contributed by atoms with van der Waals surface area (Å²) in [6, 6.07) is 7.84. The van der Waals surface area contributed by atoms with Crippen LogP contribution in [0, 0.1) is 13.8 Å². The lowest BCUT2D eigenvalue weighted by molar-refractivity contribution is -0.113. The van der Waals surface area contributed by atoms with E-state index in [1.54, 1.807) is 18.4 Å². The Balaban J connectivity index is 1.97. The van der Waals surface area contributed by atoms with Gasteiger partial charge in [0.25, 0.3) is 0 Å². The van der Waals surface area contributed by atoms with Crippen molar-refractivity contribution in [2.75, 3.05) is 17.7 Å². The maximum atomic E-state index is 12.1. The predicted molar refractivity (Wildman–Crippen MR) is 95.5 cm³/mol. The van der Waals surface area contributed by atoms with Crippen molar-refractivity contribution >= 4 is 40.0 Å². The van der Waals surface area contributed by atoms with Crippen molar-refractivity contribution in [2.45, 2.75) is 25.7 Å². The fourth-order valence-electron chi connectivity index (χ4n) is 1.94. The van der Waals surface area contributed by atoms with Crippen LogP contribution in [0.2, 0.25) is 0 Å². The molecule has 1 amide bonds. The molecular weight excluding hydrogens is 330 g/mol. The summed E-state index contributed by atoms with van der Waals surface area (Å²) in [5.74, 6) is -0.250. The highest BCUT2D eigenvalue weighted by Crippen LogP contribution is 2.26. The second kappa shape index (κ2) is 8.17. The zero-order chi connectivity index (χ0) is 16.8. The highest BCUT2D eigenvalue weighted by Gasteiger charge is 2.16.